The molecule has 0 saturated heterocycles. The number of aryl methyl sites for hydroxylation is 1. The summed E-state index contributed by atoms with van der Waals surface area (Å²) < 4.78 is 1.74. The van der Waals surface area contributed by atoms with E-state index in [1.807, 2.05) is 19.1 Å². The SMILES string of the molecule is Cc1nc2c(-c3ccncc3)cncn2c1CC(=O)O. The Hall–Kier alpha value is -2.76. The van der Waals surface area contributed by atoms with Crippen LogP contribution in [-0.4, -0.2) is 30.4 Å². The van der Waals surface area contributed by atoms with Crippen molar-refractivity contribution in [1.82, 2.24) is 19.4 Å². The third-order valence-electron chi connectivity index (χ3n) is 3.15. The Morgan fingerprint density at radius 3 is 2.75 bits per heavy atom. The van der Waals surface area contributed by atoms with E-state index >= 15 is 0 Å². The van der Waals surface area contributed by atoms with Gasteiger partial charge in [-0.3, -0.25) is 14.2 Å². The van der Waals surface area contributed by atoms with Gasteiger partial charge < -0.3 is 5.11 Å². The average Bonchev–Trinajstić information content (AvgIpc) is 2.76. The number of aliphatic carboxylic acids is 1. The van der Waals surface area contributed by atoms with Gasteiger partial charge in [0.2, 0.25) is 0 Å². The van der Waals surface area contributed by atoms with Gasteiger partial charge in [0.1, 0.15) is 12.0 Å². The summed E-state index contributed by atoms with van der Waals surface area (Å²) in [6, 6.07) is 3.75. The fraction of sp³-hybridized carbons (Fsp3) is 0.143. The van der Waals surface area contributed by atoms with Gasteiger partial charge in [0.15, 0.2) is 0 Å². The highest BCUT2D eigenvalue weighted by Gasteiger charge is 2.15. The summed E-state index contributed by atoms with van der Waals surface area (Å²) in [6.45, 7) is 1.81. The molecule has 3 aromatic rings. The Morgan fingerprint density at radius 1 is 1.30 bits per heavy atom. The molecule has 0 aliphatic carbocycles. The molecule has 3 heterocycles. The number of imidazole rings is 1. The smallest absolute Gasteiger partial charge is 0.309 e. The van der Waals surface area contributed by atoms with Gasteiger partial charge >= 0.3 is 5.97 Å². The second kappa shape index (κ2) is 4.73. The zero-order valence-corrected chi connectivity index (χ0v) is 10.8. The third-order valence-corrected chi connectivity index (χ3v) is 3.15. The van der Waals surface area contributed by atoms with Crippen LogP contribution in [0.1, 0.15) is 11.4 Å². The minimum Gasteiger partial charge on any atom is -0.481 e. The first-order chi connectivity index (χ1) is 9.66. The summed E-state index contributed by atoms with van der Waals surface area (Å²) in [5.41, 5.74) is 3.87. The van der Waals surface area contributed by atoms with Crippen molar-refractivity contribution in [2.45, 2.75) is 13.3 Å². The van der Waals surface area contributed by atoms with E-state index in [2.05, 4.69) is 15.0 Å². The zero-order valence-electron chi connectivity index (χ0n) is 10.8. The molecule has 0 unspecified atom stereocenters. The monoisotopic (exact) mass is 268 g/mol. The number of fused-ring (bicyclic) bond motifs is 1. The number of aromatic nitrogens is 4. The molecule has 1 N–H and O–H groups in total. The minimum atomic E-state index is -0.885. The number of pyridine rings is 1. The lowest BCUT2D eigenvalue weighted by atomic mass is 10.1. The van der Waals surface area contributed by atoms with Crippen LogP contribution in [0, 0.1) is 6.92 Å². The Labute approximate surface area is 114 Å². The molecule has 0 saturated carbocycles. The highest BCUT2D eigenvalue weighted by Crippen LogP contribution is 2.24. The molecular formula is C14H12N4O2. The van der Waals surface area contributed by atoms with E-state index in [1.165, 1.54) is 0 Å². The molecule has 0 amide bonds. The van der Waals surface area contributed by atoms with Crippen molar-refractivity contribution in [2.75, 3.05) is 0 Å². The Balaban J connectivity index is 2.24. The van der Waals surface area contributed by atoms with E-state index in [4.69, 9.17) is 5.11 Å². The molecule has 0 aliphatic rings. The van der Waals surface area contributed by atoms with Crippen molar-refractivity contribution in [1.29, 1.82) is 0 Å². The standard InChI is InChI=1S/C14H12N4O2/c1-9-12(6-13(19)20)18-8-16-7-11(14(18)17-9)10-2-4-15-5-3-10/h2-5,7-8H,6H2,1H3,(H,19,20). The van der Waals surface area contributed by atoms with E-state index in [1.54, 1.807) is 29.3 Å². The number of nitrogens with zero attached hydrogens (tertiary/aromatic N) is 4. The van der Waals surface area contributed by atoms with Gasteiger partial charge in [0.25, 0.3) is 0 Å². The fourth-order valence-corrected chi connectivity index (χ4v) is 2.22. The van der Waals surface area contributed by atoms with Crippen LogP contribution in [0.2, 0.25) is 0 Å². The molecule has 0 fully saturated rings. The maximum absolute atomic E-state index is 10.9. The third kappa shape index (κ3) is 2.01. The summed E-state index contributed by atoms with van der Waals surface area (Å²) in [5, 5.41) is 8.99. The molecule has 3 rings (SSSR count). The quantitative estimate of drug-likeness (QED) is 0.782. The number of carboxylic acids is 1. The van der Waals surface area contributed by atoms with Crippen molar-refractivity contribution in [3.63, 3.8) is 0 Å². The van der Waals surface area contributed by atoms with E-state index in [-0.39, 0.29) is 6.42 Å². The molecule has 20 heavy (non-hydrogen) atoms. The maximum atomic E-state index is 10.9. The lowest BCUT2D eigenvalue weighted by Gasteiger charge is -2.04. The Morgan fingerprint density at radius 2 is 2.05 bits per heavy atom. The van der Waals surface area contributed by atoms with Crippen LogP contribution in [0.5, 0.6) is 0 Å². The van der Waals surface area contributed by atoms with E-state index in [0.29, 0.717) is 17.0 Å². The first-order valence-electron chi connectivity index (χ1n) is 6.10. The van der Waals surface area contributed by atoms with Crippen molar-refractivity contribution in [3.8, 4) is 11.1 Å². The summed E-state index contributed by atoms with van der Waals surface area (Å²) >= 11 is 0. The number of hydrogen-bond acceptors (Lipinski definition) is 4. The summed E-state index contributed by atoms with van der Waals surface area (Å²) in [7, 11) is 0. The zero-order chi connectivity index (χ0) is 14.1. The van der Waals surface area contributed by atoms with Crippen LogP contribution in [-0.2, 0) is 11.2 Å². The van der Waals surface area contributed by atoms with Crippen molar-refractivity contribution in [2.24, 2.45) is 0 Å². The minimum absolute atomic E-state index is 0.0749. The van der Waals surface area contributed by atoms with Crippen molar-refractivity contribution >= 4 is 11.6 Å². The van der Waals surface area contributed by atoms with E-state index in [9.17, 15) is 4.79 Å². The first kappa shape index (κ1) is 12.3. The number of carbonyl (C=O) groups is 1. The number of hydrogen-bond donors (Lipinski definition) is 1. The highest BCUT2D eigenvalue weighted by atomic mass is 16.4. The lowest BCUT2D eigenvalue weighted by Crippen LogP contribution is -2.05. The first-order valence-corrected chi connectivity index (χ1v) is 6.10. The number of rotatable bonds is 3. The molecule has 0 aromatic carbocycles. The van der Waals surface area contributed by atoms with Gasteiger partial charge in [0, 0.05) is 24.2 Å². The molecule has 6 heteroatoms. The molecular weight excluding hydrogens is 256 g/mol. The second-order valence-corrected chi connectivity index (χ2v) is 4.45. The maximum Gasteiger partial charge on any atom is 0.309 e. The van der Waals surface area contributed by atoms with Crippen LogP contribution in [0.25, 0.3) is 16.8 Å². The van der Waals surface area contributed by atoms with E-state index in [0.717, 1.165) is 11.1 Å². The molecule has 0 atom stereocenters. The molecule has 0 aliphatic heterocycles. The van der Waals surface area contributed by atoms with Crippen LogP contribution in [0.3, 0.4) is 0 Å². The van der Waals surface area contributed by atoms with Gasteiger partial charge in [-0.05, 0) is 24.6 Å². The molecule has 100 valence electrons. The normalized spacial score (nSPS) is 10.8. The summed E-state index contributed by atoms with van der Waals surface area (Å²) in [6.07, 6.45) is 6.65. The summed E-state index contributed by atoms with van der Waals surface area (Å²) in [5.74, 6) is -0.885. The van der Waals surface area contributed by atoms with Gasteiger partial charge in [0.05, 0.1) is 17.8 Å². The topological polar surface area (TPSA) is 80.4 Å². The molecule has 6 nitrogen and oxygen atoms in total. The summed E-state index contributed by atoms with van der Waals surface area (Å²) in [4.78, 5) is 23.6. The van der Waals surface area contributed by atoms with Gasteiger partial charge in [-0.2, -0.15) is 0 Å². The molecule has 0 spiro atoms. The molecule has 0 bridgehead atoms. The predicted molar refractivity (Wildman–Crippen MR) is 72.3 cm³/mol. The van der Waals surface area contributed by atoms with Crippen LogP contribution in [0.15, 0.2) is 37.1 Å². The molecule has 0 radical (unpaired) electrons. The van der Waals surface area contributed by atoms with E-state index < -0.39 is 5.97 Å². The van der Waals surface area contributed by atoms with Crippen LogP contribution >= 0.6 is 0 Å². The number of carboxylic acid groups (broad SMARTS) is 1. The average molecular weight is 268 g/mol. The second-order valence-electron chi connectivity index (χ2n) is 4.45. The predicted octanol–water partition coefficient (Wildman–Crippen LogP) is 1.73. The fourth-order valence-electron chi connectivity index (χ4n) is 2.22. The highest BCUT2D eigenvalue weighted by molar-refractivity contribution is 5.78. The van der Waals surface area contributed by atoms with Gasteiger partial charge in [-0.25, -0.2) is 9.97 Å². The Kier molecular flexibility index (Phi) is 2.90. The van der Waals surface area contributed by atoms with Crippen LogP contribution in [0.4, 0.5) is 0 Å². The van der Waals surface area contributed by atoms with Gasteiger partial charge in [-0.1, -0.05) is 0 Å². The lowest BCUT2D eigenvalue weighted by molar-refractivity contribution is -0.136. The molecule has 3 aromatic heterocycles. The Bertz CT molecular complexity index is 780. The van der Waals surface area contributed by atoms with Crippen LogP contribution < -0.4 is 0 Å². The van der Waals surface area contributed by atoms with Gasteiger partial charge in [-0.15, -0.1) is 0 Å². The van der Waals surface area contributed by atoms with Crippen molar-refractivity contribution in [3.05, 3.63) is 48.4 Å². The largest absolute Gasteiger partial charge is 0.481 e. The van der Waals surface area contributed by atoms with Crippen molar-refractivity contribution < 1.29 is 9.90 Å².